The number of benzene rings is 1. The largest absolute Gasteiger partial charge is 0.389 e. The molecule has 0 aliphatic rings. The molecule has 0 fully saturated rings. The number of aliphatic hydroxyl groups is 1. The average Bonchev–Trinajstić information content (AvgIpc) is 1.90. The normalized spacial score (nSPS) is 13.1. The Morgan fingerprint density at radius 2 is 1.78 bits per heavy atom. The molecule has 0 radical (unpaired) electrons. The predicted octanol–water partition coefficient (Wildman–Crippen LogP) is 1.74. The second kappa shape index (κ2) is 2.65. The van der Waals surface area contributed by atoms with Gasteiger partial charge in [-0.25, -0.2) is 0 Å². The van der Waals surface area contributed by atoms with Gasteiger partial charge in [-0.15, -0.1) is 0 Å². The average molecular weight is 123 g/mol. The van der Waals surface area contributed by atoms with Gasteiger partial charge in [0, 0.05) is 0 Å². The van der Waals surface area contributed by atoms with E-state index in [-0.39, 0.29) is 6.10 Å². The molecule has 0 heterocycles. The molecule has 0 amide bonds. The smallest absolute Gasteiger partial charge is 0.0761 e. The van der Waals surface area contributed by atoms with Gasteiger partial charge in [0.25, 0.3) is 0 Å². The summed E-state index contributed by atoms with van der Waals surface area (Å²) < 4.78 is 0. The Kier molecular flexibility index (Phi) is 1.85. The molecule has 0 spiro atoms. The van der Waals surface area contributed by atoms with E-state index in [4.69, 9.17) is 5.11 Å². The zero-order chi connectivity index (χ0) is 6.69. The van der Waals surface area contributed by atoms with E-state index in [2.05, 4.69) is 0 Å². The lowest BCUT2D eigenvalue weighted by Gasteiger charge is -2.00. The fraction of sp³-hybridized carbons (Fsp3) is 0.250. The Morgan fingerprint density at radius 1 is 1.22 bits per heavy atom. The van der Waals surface area contributed by atoms with Crippen molar-refractivity contribution >= 4 is 0 Å². The monoisotopic (exact) mass is 123 g/mol. The third-order valence-electron chi connectivity index (χ3n) is 1.28. The van der Waals surface area contributed by atoms with Crippen molar-refractivity contribution in [1.29, 1.82) is 0 Å². The van der Waals surface area contributed by atoms with Crippen molar-refractivity contribution in [3.8, 4) is 0 Å². The van der Waals surface area contributed by atoms with Crippen LogP contribution in [0.1, 0.15) is 18.6 Å². The molecule has 1 rings (SSSR count). The molecule has 1 unspecified atom stereocenters. The van der Waals surface area contributed by atoms with Gasteiger partial charge in [-0.05, 0) is 12.5 Å². The molecule has 0 aromatic heterocycles. The van der Waals surface area contributed by atoms with E-state index in [1.165, 1.54) is 0 Å². The van der Waals surface area contributed by atoms with E-state index in [9.17, 15) is 0 Å². The maximum Gasteiger partial charge on any atom is 0.0761 e. The van der Waals surface area contributed by atoms with Crippen LogP contribution < -0.4 is 0 Å². The second-order valence-corrected chi connectivity index (χ2v) is 2.09. The third-order valence-corrected chi connectivity index (χ3v) is 1.28. The molecule has 1 atom stereocenters. The van der Waals surface area contributed by atoms with Gasteiger partial charge >= 0.3 is 0 Å². The summed E-state index contributed by atoms with van der Waals surface area (Å²) in [6.45, 7) is 1.76. The number of aliphatic hydroxyl groups excluding tert-OH is 1. The van der Waals surface area contributed by atoms with Gasteiger partial charge in [0.05, 0.1) is 6.10 Å². The highest BCUT2D eigenvalue weighted by Gasteiger charge is 1.95. The van der Waals surface area contributed by atoms with Crippen molar-refractivity contribution < 1.29 is 5.11 Å². The summed E-state index contributed by atoms with van der Waals surface area (Å²) >= 11 is 0. The van der Waals surface area contributed by atoms with Crippen LogP contribution in [-0.4, -0.2) is 5.11 Å². The number of rotatable bonds is 1. The highest BCUT2D eigenvalue weighted by Crippen LogP contribution is 2.08. The minimum atomic E-state index is -0.341. The lowest BCUT2D eigenvalue weighted by Crippen LogP contribution is -1.87. The van der Waals surface area contributed by atoms with Crippen molar-refractivity contribution in [2.45, 2.75) is 13.0 Å². The molecular weight excluding hydrogens is 113 g/mol. The Bertz CT molecular complexity index is 167. The number of hydrogen-bond acceptors (Lipinski definition) is 1. The van der Waals surface area contributed by atoms with Crippen molar-refractivity contribution in [2.24, 2.45) is 0 Å². The lowest BCUT2D eigenvalue weighted by molar-refractivity contribution is 0.199. The minimum absolute atomic E-state index is 0.341. The van der Waals surface area contributed by atoms with E-state index >= 15 is 0 Å². The van der Waals surface area contributed by atoms with E-state index < -0.39 is 0 Å². The Balaban J connectivity index is 2.85. The zero-order valence-electron chi connectivity index (χ0n) is 5.41. The van der Waals surface area contributed by atoms with Crippen LogP contribution >= 0.6 is 0 Å². The molecule has 1 N–H and O–H groups in total. The van der Waals surface area contributed by atoms with Crippen LogP contribution in [0.15, 0.2) is 30.3 Å². The van der Waals surface area contributed by atoms with Crippen LogP contribution in [-0.2, 0) is 0 Å². The molecule has 48 valence electrons. The van der Waals surface area contributed by atoms with E-state index in [0.717, 1.165) is 5.56 Å². The standard InChI is InChI=1S/C8H10O/c1-7(9)8-5-3-2-4-6-8/h2-7,9H,1H3/i1+1. The Morgan fingerprint density at radius 3 is 2.11 bits per heavy atom. The van der Waals surface area contributed by atoms with Gasteiger partial charge < -0.3 is 5.11 Å². The van der Waals surface area contributed by atoms with Gasteiger partial charge in [0.1, 0.15) is 0 Å². The summed E-state index contributed by atoms with van der Waals surface area (Å²) in [5.41, 5.74) is 0.970. The molecule has 1 aromatic carbocycles. The SMILES string of the molecule is [13CH3]C(O)c1ccccc1. The fourth-order valence-electron chi connectivity index (χ4n) is 0.732. The maximum absolute atomic E-state index is 9.02. The molecule has 0 saturated carbocycles. The second-order valence-electron chi connectivity index (χ2n) is 2.09. The van der Waals surface area contributed by atoms with Crippen molar-refractivity contribution in [3.63, 3.8) is 0 Å². The minimum Gasteiger partial charge on any atom is -0.389 e. The number of hydrogen-bond donors (Lipinski definition) is 1. The van der Waals surface area contributed by atoms with Crippen molar-refractivity contribution in [1.82, 2.24) is 0 Å². The molecule has 1 heteroatoms. The summed E-state index contributed by atoms with van der Waals surface area (Å²) in [5, 5.41) is 9.02. The lowest BCUT2D eigenvalue weighted by atomic mass is 10.2. The van der Waals surface area contributed by atoms with Crippen LogP contribution in [0, 0.1) is 0 Å². The van der Waals surface area contributed by atoms with Crippen LogP contribution in [0.2, 0.25) is 0 Å². The first-order valence-electron chi connectivity index (χ1n) is 3.03. The quantitative estimate of drug-likeness (QED) is 0.564. The zero-order valence-corrected chi connectivity index (χ0v) is 5.41. The van der Waals surface area contributed by atoms with E-state index in [1.807, 2.05) is 30.3 Å². The molecule has 0 aliphatic carbocycles. The summed E-state index contributed by atoms with van der Waals surface area (Å²) in [6.07, 6.45) is -0.341. The van der Waals surface area contributed by atoms with Crippen LogP contribution in [0.3, 0.4) is 0 Å². The highest BCUT2D eigenvalue weighted by molar-refractivity contribution is 5.16. The first-order valence-corrected chi connectivity index (χ1v) is 3.03. The molecule has 0 aliphatic heterocycles. The third kappa shape index (κ3) is 1.54. The molecule has 0 bridgehead atoms. The van der Waals surface area contributed by atoms with Gasteiger partial charge in [-0.3, -0.25) is 0 Å². The van der Waals surface area contributed by atoms with Crippen LogP contribution in [0.5, 0.6) is 0 Å². The summed E-state index contributed by atoms with van der Waals surface area (Å²) in [7, 11) is 0. The summed E-state index contributed by atoms with van der Waals surface area (Å²) in [5.74, 6) is 0. The fourth-order valence-corrected chi connectivity index (χ4v) is 0.732. The summed E-state index contributed by atoms with van der Waals surface area (Å²) in [4.78, 5) is 0. The Hall–Kier alpha value is -0.820. The van der Waals surface area contributed by atoms with E-state index in [1.54, 1.807) is 6.92 Å². The van der Waals surface area contributed by atoms with Crippen LogP contribution in [0.25, 0.3) is 0 Å². The first kappa shape index (κ1) is 6.30. The predicted molar refractivity (Wildman–Crippen MR) is 37.1 cm³/mol. The molecule has 1 nitrogen and oxygen atoms in total. The Labute approximate surface area is 55.0 Å². The topological polar surface area (TPSA) is 20.2 Å². The van der Waals surface area contributed by atoms with Gasteiger partial charge in [-0.2, -0.15) is 0 Å². The van der Waals surface area contributed by atoms with Gasteiger partial charge in [0.2, 0.25) is 0 Å². The molecule has 1 aromatic rings. The van der Waals surface area contributed by atoms with Gasteiger partial charge in [-0.1, -0.05) is 30.3 Å². The summed E-state index contributed by atoms with van der Waals surface area (Å²) in [6, 6.07) is 9.59. The molecular formula is C8H10O. The maximum atomic E-state index is 9.02. The van der Waals surface area contributed by atoms with Gasteiger partial charge in [0.15, 0.2) is 0 Å². The van der Waals surface area contributed by atoms with Crippen LogP contribution in [0.4, 0.5) is 0 Å². The van der Waals surface area contributed by atoms with E-state index in [0.29, 0.717) is 0 Å². The van der Waals surface area contributed by atoms with Crippen molar-refractivity contribution in [3.05, 3.63) is 35.9 Å². The molecule has 0 saturated heterocycles. The molecule has 9 heavy (non-hydrogen) atoms. The van der Waals surface area contributed by atoms with Crippen molar-refractivity contribution in [2.75, 3.05) is 0 Å². The highest BCUT2D eigenvalue weighted by atomic mass is 16.3. The first-order chi connectivity index (χ1) is 4.30.